The minimum atomic E-state index is -0.0823. The quantitative estimate of drug-likeness (QED) is 0.928. The number of amides is 1. The maximum Gasteiger partial charge on any atom is 0.238 e. The van der Waals surface area contributed by atoms with Crippen LogP contribution in [0.15, 0.2) is 18.2 Å². The fourth-order valence-corrected chi connectivity index (χ4v) is 2.20. The predicted molar refractivity (Wildman–Crippen MR) is 72.4 cm³/mol. The molecule has 98 valence electrons. The maximum atomic E-state index is 11.8. The van der Waals surface area contributed by atoms with Crippen LogP contribution < -0.4 is 5.32 Å². The zero-order valence-electron chi connectivity index (χ0n) is 9.79. The fourth-order valence-electron chi connectivity index (χ4n) is 1.74. The Morgan fingerprint density at radius 1 is 1.33 bits per heavy atom. The minimum absolute atomic E-state index is 0.0823. The van der Waals surface area contributed by atoms with Crippen LogP contribution in [0.4, 0.5) is 5.69 Å². The number of nitrogens with zero attached hydrogens (tertiary/aromatic N) is 1. The van der Waals surface area contributed by atoms with Crippen molar-refractivity contribution in [2.75, 3.05) is 38.2 Å². The number of ether oxygens (including phenoxy) is 1. The first kappa shape index (κ1) is 13.6. The van der Waals surface area contributed by atoms with Crippen LogP contribution in [0.3, 0.4) is 0 Å². The van der Waals surface area contributed by atoms with E-state index in [1.54, 1.807) is 18.2 Å². The molecule has 2 rings (SSSR count). The van der Waals surface area contributed by atoms with Crippen LogP contribution in [-0.2, 0) is 9.53 Å². The van der Waals surface area contributed by atoms with E-state index in [2.05, 4.69) is 5.32 Å². The zero-order chi connectivity index (χ0) is 13.0. The van der Waals surface area contributed by atoms with E-state index in [4.69, 9.17) is 27.9 Å². The third-order valence-electron chi connectivity index (χ3n) is 2.68. The summed E-state index contributed by atoms with van der Waals surface area (Å²) < 4.78 is 5.22. The summed E-state index contributed by atoms with van der Waals surface area (Å²) in [6.45, 7) is 3.26. The molecule has 0 aliphatic carbocycles. The molecule has 4 nitrogen and oxygen atoms in total. The monoisotopic (exact) mass is 288 g/mol. The van der Waals surface area contributed by atoms with Crippen molar-refractivity contribution in [3.05, 3.63) is 28.2 Å². The Labute approximate surface area is 116 Å². The van der Waals surface area contributed by atoms with Crippen LogP contribution in [-0.4, -0.2) is 43.7 Å². The number of carbonyl (C=O) groups is 1. The molecule has 0 atom stereocenters. The summed E-state index contributed by atoms with van der Waals surface area (Å²) in [5, 5.41) is 3.76. The molecule has 0 radical (unpaired) electrons. The second-order valence-corrected chi connectivity index (χ2v) is 4.90. The highest BCUT2D eigenvalue weighted by atomic mass is 35.5. The smallest absolute Gasteiger partial charge is 0.238 e. The van der Waals surface area contributed by atoms with Crippen LogP contribution in [0.2, 0.25) is 10.0 Å². The molecule has 6 heteroatoms. The maximum absolute atomic E-state index is 11.8. The largest absolute Gasteiger partial charge is 0.379 e. The molecule has 1 N–H and O–H groups in total. The lowest BCUT2D eigenvalue weighted by atomic mass is 10.3. The van der Waals surface area contributed by atoms with Gasteiger partial charge in [0.15, 0.2) is 0 Å². The van der Waals surface area contributed by atoms with E-state index in [9.17, 15) is 4.79 Å². The molecule has 0 saturated carbocycles. The molecule has 1 aromatic carbocycles. The summed E-state index contributed by atoms with van der Waals surface area (Å²) in [4.78, 5) is 13.9. The van der Waals surface area contributed by atoms with Crippen molar-refractivity contribution < 1.29 is 9.53 Å². The van der Waals surface area contributed by atoms with E-state index < -0.39 is 0 Å². The van der Waals surface area contributed by atoms with Gasteiger partial charge in [-0.3, -0.25) is 9.69 Å². The van der Waals surface area contributed by atoms with E-state index in [0.29, 0.717) is 35.5 Å². The molecule has 1 aromatic rings. The van der Waals surface area contributed by atoms with Crippen molar-refractivity contribution >= 4 is 34.8 Å². The molecule has 1 aliphatic heterocycles. The molecule has 1 fully saturated rings. The SMILES string of the molecule is O=C(CN1CCOCC1)Nc1ccc(Cl)cc1Cl. The van der Waals surface area contributed by atoms with Gasteiger partial charge in [0.1, 0.15) is 0 Å². The van der Waals surface area contributed by atoms with E-state index in [1.807, 2.05) is 4.90 Å². The lowest BCUT2D eigenvalue weighted by Gasteiger charge is -2.25. The van der Waals surface area contributed by atoms with Crippen molar-refractivity contribution in [3.8, 4) is 0 Å². The van der Waals surface area contributed by atoms with Crippen molar-refractivity contribution in [3.63, 3.8) is 0 Å². The normalized spacial score (nSPS) is 16.6. The van der Waals surface area contributed by atoms with Crippen molar-refractivity contribution in [2.45, 2.75) is 0 Å². The van der Waals surface area contributed by atoms with Gasteiger partial charge in [-0.25, -0.2) is 0 Å². The molecule has 1 amide bonds. The van der Waals surface area contributed by atoms with E-state index >= 15 is 0 Å². The average molecular weight is 289 g/mol. The van der Waals surface area contributed by atoms with E-state index in [-0.39, 0.29) is 5.91 Å². The van der Waals surface area contributed by atoms with E-state index in [1.165, 1.54) is 0 Å². The lowest BCUT2D eigenvalue weighted by molar-refractivity contribution is -0.118. The first-order valence-corrected chi connectivity index (χ1v) is 6.46. The second-order valence-electron chi connectivity index (χ2n) is 4.06. The predicted octanol–water partition coefficient (Wildman–Crippen LogP) is 2.26. The van der Waals surface area contributed by atoms with Crippen LogP contribution in [0, 0.1) is 0 Å². The molecule has 0 spiro atoms. The Kier molecular flexibility index (Phi) is 4.83. The number of morpholine rings is 1. The number of halogens is 2. The summed E-state index contributed by atoms with van der Waals surface area (Å²) >= 11 is 11.8. The Balaban J connectivity index is 1.90. The zero-order valence-corrected chi connectivity index (χ0v) is 11.3. The lowest BCUT2D eigenvalue weighted by Crippen LogP contribution is -2.41. The molecular weight excluding hydrogens is 275 g/mol. The highest BCUT2D eigenvalue weighted by Crippen LogP contribution is 2.25. The van der Waals surface area contributed by atoms with Crippen LogP contribution in [0.1, 0.15) is 0 Å². The highest BCUT2D eigenvalue weighted by molar-refractivity contribution is 6.36. The molecule has 1 saturated heterocycles. The number of hydrogen-bond donors (Lipinski definition) is 1. The Morgan fingerprint density at radius 3 is 2.72 bits per heavy atom. The van der Waals surface area contributed by atoms with Gasteiger partial charge < -0.3 is 10.1 Å². The van der Waals surface area contributed by atoms with Crippen molar-refractivity contribution in [1.82, 2.24) is 4.90 Å². The summed E-state index contributed by atoms with van der Waals surface area (Å²) in [5.74, 6) is -0.0823. The molecule has 1 heterocycles. The minimum Gasteiger partial charge on any atom is -0.379 e. The van der Waals surface area contributed by atoms with Gasteiger partial charge in [0, 0.05) is 18.1 Å². The van der Waals surface area contributed by atoms with Gasteiger partial charge >= 0.3 is 0 Å². The summed E-state index contributed by atoms with van der Waals surface area (Å²) in [7, 11) is 0. The van der Waals surface area contributed by atoms with Gasteiger partial charge in [-0.05, 0) is 18.2 Å². The van der Waals surface area contributed by atoms with Crippen molar-refractivity contribution in [1.29, 1.82) is 0 Å². The number of nitrogens with one attached hydrogen (secondary N) is 1. The number of hydrogen-bond acceptors (Lipinski definition) is 3. The number of benzene rings is 1. The Morgan fingerprint density at radius 2 is 2.06 bits per heavy atom. The molecule has 1 aliphatic rings. The average Bonchev–Trinajstić information content (AvgIpc) is 2.34. The Hall–Kier alpha value is -0.810. The molecule has 0 unspecified atom stereocenters. The fraction of sp³-hybridized carbons (Fsp3) is 0.417. The first-order valence-electron chi connectivity index (χ1n) is 5.70. The second kappa shape index (κ2) is 6.38. The summed E-state index contributed by atoms with van der Waals surface area (Å²) in [6, 6.07) is 4.99. The Bertz CT molecular complexity index is 434. The van der Waals surface area contributed by atoms with Gasteiger partial charge in [0.05, 0.1) is 30.5 Å². The van der Waals surface area contributed by atoms with Gasteiger partial charge in [0.2, 0.25) is 5.91 Å². The topological polar surface area (TPSA) is 41.6 Å². The van der Waals surface area contributed by atoms with E-state index in [0.717, 1.165) is 13.1 Å². The highest BCUT2D eigenvalue weighted by Gasteiger charge is 2.14. The summed E-state index contributed by atoms with van der Waals surface area (Å²) in [5.41, 5.74) is 0.583. The van der Waals surface area contributed by atoms with Crippen LogP contribution >= 0.6 is 23.2 Å². The molecule has 18 heavy (non-hydrogen) atoms. The summed E-state index contributed by atoms with van der Waals surface area (Å²) in [6.07, 6.45) is 0. The van der Waals surface area contributed by atoms with Gasteiger partial charge in [-0.1, -0.05) is 23.2 Å². The first-order chi connectivity index (χ1) is 8.65. The molecule has 0 bridgehead atoms. The number of carbonyl (C=O) groups excluding carboxylic acids is 1. The third-order valence-corrected chi connectivity index (χ3v) is 3.22. The standard InChI is InChI=1S/C12H14Cl2N2O2/c13-9-1-2-11(10(14)7-9)15-12(17)8-16-3-5-18-6-4-16/h1-2,7H,3-6,8H2,(H,15,17). The number of rotatable bonds is 3. The number of anilines is 1. The molecular formula is C12H14Cl2N2O2. The van der Waals surface area contributed by atoms with Gasteiger partial charge in [-0.15, -0.1) is 0 Å². The van der Waals surface area contributed by atoms with Gasteiger partial charge in [-0.2, -0.15) is 0 Å². The van der Waals surface area contributed by atoms with Crippen molar-refractivity contribution in [2.24, 2.45) is 0 Å². The third kappa shape index (κ3) is 3.85. The van der Waals surface area contributed by atoms with Crippen LogP contribution in [0.25, 0.3) is 0 Å². The molecule has 0 aromatic heterocycles. The van der Waals surface area contributed by atoms with Crippen LogP contribution in [0.5, 0.6) is 0 Å². The van der Waals surface area contributed by atoms with Gasteiger partial charge in [0.25, 0.3) is 0 Å².